The van der Waals surface area contributed by atoms with Gasteiger partial charge < -0.3 is 15.3 Å². The molecule has 0 bridgehead atoms. The molecule has 6 heteroatoms. The Bertz CT molecular complexity index is 862. The highest BCUT2D eigenvalue weighted by molar-refractivity contribution is 5.98. The van der Waals surface area contributed by atoms with Crippen LogP contribution in [-0.2, 0) is 4.79 Å². The van der Waals surface area contributed by atoms with Gasteiger partial charge in [-0.1, -0.05) is 30.3 Å². The van der Waals surface area contributed by atoms with Crippen LogP contribution in [0.15, 0.2) is 54.6 Å². The minimum Gasteiger partial charge on any atom is -0.481 e. The average Bonchev–Trinajstić information content (AvgIpc) is 3.13. The number of hydrogen-bond acceptors (Lipinski definition) is 3. The van der Waals surface area contributed by atoms with Crippen LogP contribution < -0.4 is 5.32 Å². The molecule has 0 radical (unpaired) electrons. The molecule has 0 aliphatic carbocycles. The first-order chi connectivity index (χ1) is 13.4. The topological polar surface area (TPSA) is 86.7 Å². The van der Waals surface area contributed by atoms with Crippen LogP contribution in [0, 0.1) is 5.92 Å². The summed E-state index contributed by atoms with van der Waals surface area (Å²) in [6, 6.07) is 15.9. The molecule has 2 aromatic carbocycles. The van der Waals surface area contributed by atoms with Crippen LogP contribution in [0.5, 0.6) is 0 Å². The van der Waals surface area contributed by atoms with Crippen LogP contribution in [0.1, 0.15) is 46.0 Å². The van der Waals surface area contributed by atoms with Crippen LogP contribution in [0.4, 0.5) is 0 Å². The summed E-state index contributed by atoms with van der Waals surface area (Å²) in [5.74, 6) is -2.18. The highest BCUT2D eigenvalue weighted by Gasteiger charge is 2.40. The first-order valence-corrected chi connectivity index (χ1v) is 9.34. The van der Waals surface area contributed by atoms with Crippen molar-refractivity contribution in [2.45, 2.75) is 25.8 Å². The maximum absolute atomic E-state index is 12.9. The molecule has 3 rings (SSSR count). The second kappa shape index (κ2) is 8.25. The number of hydrogen-bond donors (Lipinski definition) is 2. The summed E-state index contributed by atoms with van der Waals surface area (Å²) in [5.41, 5.74) is 1.85. The number of nitrogens with zero attached hydrogens (tertiary/aromatic N) is 1. The lowest BCUT2D eigenvalue weighted by molar-refractivity contribution is -0.141. The van der Waals surface area contributed by atoms with E-state index in [-0.39, 0.29) is 30.3 Å². The van der Waals surface area contributed by atoms with Crippen LogP contribution in [0.2, 0.25) is 0 Å². The van der Waals surface area contributed by atoms with E-state index in [9.17, 15) is 19.5 Å². The molecule has 2 aromatic rings. The standard InChI is InChI=1S/C22H24N2O4/c1-14(2)23-20(25)16-8-10-17(11-9-16)21(26)24-12-18(19(13-24)22(27)28)15-6-4-3-5-7-15/h3-11,14,18-19H,12-13H2,1-2H3,(H,23,25)(H,27,28). The molecule has 1 saturated heterocycles. The third kappa shape index (κ3) is 4.22. The highest BCUT2D eigenvalue weighted by Crippen LogP contribution is 2.33. The van der Waals surface area contributed by atoms with E-state index in [1.807, 2.05) is 44.2 Å². The fraction of sp³-hybridized carbons (Fsp3) is 0.318. The lowest BCUT2D eigenvalue weighted by Gasteiger charge is -2.17. The highest BCUT2D eigenvalue weighted by atomic mass is 16.4. The normalized spacial score (nSPS) is 18.9. The number of rotatable bonds is 5. The van der Waals surface area contributed by atoms with Crippen molar-refractivity contribution in [2.75, 3.05) is 13.1 Å². The minimum atomic E-state index is -0.898. The SMILES string of the molecule is CC(C)NC(=O)c1ccc(C(=O)N2CC(C(=O)O)C(c3ccccc3)C2)cc1. The van der Waals surface area contributed by atoms with Gasteiger partial charge in [-0.15, -0.1) is 0 Å². The summed E-state index contributed by atoms with van der Waals surface area (Å²) >= 11 is 0. The van der Waals surface area contributed by atoms with Crippen molar-refractivity contribution in [3.8, 4) is 0 Å². The summed E-state index contributed by atoms with van der Waals surface area (Å²) in [4.78, 5) is 38.2. The fourth-order valence-corrected chi connectivity index (χ4v) is 3.55. The molecule has 2 N–H and O–H groups in total. The van der Waals surface area contributed by atoms with Crippen molar-refractivity contribution in [3.05, 3.63) is 71.3 Å². The van der Waals surface area contributed by atoms with Gasteiger partial charge in [-0.2, -0.15) is 0 Å². The predicted octanol–water partition coefficient (Wildman–Crippen LogP) is 2.77. The van der Waals surface area contributed by atoms with E-state index in [0.29, 0.717) is 17.7 Å². The molecule has 1 aliphatic heterocycles. The number of carboxylic acid groups (broad SMARTS) is 1. The van der Waals surface area contributed by atoms with Gasteiger partial charge in [-0.3, -0.25) is 14.4 Å². The number of benzene rings is 2. The molecule has 0 aromatic heterocycles. The van der Waals surface area contributed by atoms with E-state index < -0.39 is 11.9 Å². The Morgan fingerprint density at radius 3 is 2.14 bits per heavy atom. The molecule has 1 heterocycles. The van der Waals surface area contributed by atoms with E-state index in [1.165, 1.54) is 0 Å². The predicted molar refractivity (Wildman–Crippen MR) is 105 cm³/mol. The maximum Gasteiger partial charge on any atom is 0.308 e. The van der Waals surface area contributed by atoms with E-state index in [2.05, 4.69) is 5.32 Å². The average molecular weight is 380 g/mol. The van der Waals surface area contributed by atoms with Gasteiger partial charge in [0.05, 0.1) is 5.92 Å². The maximum atomic E-state index is 12.9. The molecule has 28 heavy (non-hydrogen) atoms. The monoisotopic (exact) mass is 380 g/mol. The number of likely N-dealkylation sites (tertiary alicyclic amines) is 1. The summed E-state index contributed by atoms with van der Waals surface area (Å²) in [6.07, 6.45) is 0. The number of carboxylic acids is 1. The Balaban J connectivity index is 1.75. The molecule has 0 saturated carbocycles. The molecule has 1 fully saturated rings. The third-order valence-corrected chi connectivity index (χ3v) is 4.97. The molecule has 2 atom stereocenters. The van der Waals surface area contributed by atoms with E-state index in [1.54, 1.807) is 29.2 Å². The molecule has 1 aliphatic rings. The van der Waals surface area contributed by atoms with Crippen LogP contribution in [0.25, 0.3) is 0 Å². The largest absolute Gasteiger partial charge is 0.481 e. The van der Waals surface area contributed by atoms with E-state index >= 15 is 0 Å². The molecule has 2 amide bonds. The van der Waals surface area contributed by atoms with Crippen LogP contribution in [0.3, 0.4) is 0 Å². The molecular weight excluding hydrogens is 356 g/mol. The zero-order valence-corrected chi connectivity index (χ0v) is 16.0. The Hall–Kier alpha value is -3.15. The fourth-order valence-electron chi connectivity index (χ4n) is 3.55. The molecule has 2 unspecified atom stereocenters. The molecule has 6 nitrogen and oxygen atoms in total. The van der Waals surface area contributed by atoms with Crippen LogP contribution in [-0.4, -0.2) is 46.9 Å². The minimum absolute atomic E-state index is 0.0290. The number of aliphatic carboxylic acids is 1. The summed E-state index contributed by atoms with van der Waals surface area (Å²) < 4.78 is 0. The molecular formula is C22H24N2O4. The molecule has 146 valence electrons. The first kappa shape index (κ1) is 19.6. The van der Waals surface area contributed by atoms with Gasteiger partial charge in [0, 0.05) is 36.2 Å². The number of nitrogens with one attached hydrogen (secondary N) is 1. The Labute approximate surface area is 164 Å². The van der Waals surface area contributed by atoms with Gasteiger partial charge in [0.2, 0.25) is 0 Å². The quantitative estimate of drug-likeness (QED) is 0.835. The second-order valence-electron chi connectivity index (χ2n) is 7.38. The van der Waals surface area contributed by atoms with Crippen molar-refractivity contribution >= 4 is 17.8 Å². The molecule has 0 spiro atoms. The smallest absolute Gasteiger partial charge is 0.308 e. The van der Waals surface area contributed by atoms with Gasteiger partial charge >= 0.3 is 5.97 Å². The zero-order chi connectivity index (χ0) is 20.3. The summed E-state index contributed by atoms with van der Waals surface area (Å²) in [5, 5.41) is 12.4. The van der Waals surface area contributed by atoms with Gasteiger partial charge in [-0.05, 0) is 43.7 Å². The van der Waals surface area contributed by atoms with Crippen molar-refractivity contribution in [1.82, 2.24) is 10.2 Å². The van der Waals surface area contributed by atoms with Gasteiger partial charge in [-0.25, -0.2) is 0 Å². The van der Waals surface area contributed by atoms with E-state index in [4.69, 9.17) is 0 Å². The number of carbonyl (C=O) groups is 3. The number of amides is 2. The Morgan fingerprint density at radius 2 is 1.57 bits per heavy atom. The van der Waals surface area contributed by atoms with Crippen molar-refractivity contribution in [1.29, 1.82) is 0 Å². The van der Waals surface area contributed by atoms with Crippen LogP contribution >= 0.6 is 0 Å². The van der Waals surface area contributed by atoms with Crippen molar-refractivity contribution in [2.24, 2.45) is 5.92 Å². The number of carbonyl (C=O) groups excluding carboxylic acids is 2. The Morgan fingerprint density at radius 1 is 0.964 bits per heavy atom. The lowest BCUT2D eigenvalue weighted by Crippen LogP contribution is -2.31. The third-order valence-electron chi connectivity index (χ3n) is 4.97. The second-order valence-corrected chi connectivity index (χ2v) is 7.38. The zero-order valence-electron chi connectivity index (χ0n) is 16.0. The summed E-state index contributed by atoms with van der Waals surface area (Å²) in [6.45, 7) is 4.29. The van der Waals surface area contributed by atoms with Crippen molar-refractivity contribution < 1.29 is 19.5 Å². The first-order valence-electron chi connectivity index (χ1n) is 9.34. The Kier molecular flexibility index (Phi) is 5.78. The van der Waals surface area contributed by atoms with Gasteiger partial charge in [0.25, 0.3) is 11.8 Å². The lowest BCUT2D eigenvalue weighted by atomic mass is 9.89. The van der Waals surface area contributed by atoms with E-state index in [0.717, 1.165) is 5.56 Å². The summed E-state index contributed by atoms with van der Waals surface area (Å²) in [7, 11) is 0. The van der Waals surface area contributed by atoms with Crippen molar-refractivity contribution in [3.63, 3.8) is 0 Å². The van der Waals surface area contributed by atoms with Gasteiger partial charge in [0.15, 0.2) is 0 Å². The van der Waals surface area contributed by atoms with Gasteiger partial charge in [0.1, 0.15) is 0 Å².